The number of carboxylic acids is 1. The molecule has 1 saturated carbocycles. The summed E-state index contributed by atoms with van der Waals surface area (Å²) in [7, 11) is 0. The van der Waals surface area contributed by atoms with Crippen molar-refractivity contribution in [3.8, 4) is 0 Å². The summed E-state index contributed by atoms with van der Waals surface area (Å²) in [6.07, 6.45) is 4.90. The van der Waals surface area contributed by atoms with Crippen LogP contribution in [0.3, 0.4) is 0 Å². The monoisotopic (exact) mass is 267 g/mol. The lowest BCUT2D eigenvalue weighted by molar-refractivity contribution is -0.141. The van der Waals surface area contributed by atoms with E-state index in [9.17, 15) is 9.59 Å². The first-order chi connectivity index (χ1) is 9.15. The van der Waals surface area contributed by atoms with E-state index in [1.165, 1.54) is 17.7 Å². The molecule has 2 amide bonds. The van der Waals surface area contributed by atoms with Gasteiger partial charge in [0.25, 0.3) is 0 Å². The fraction of sp³-hybridized carbons (Fsp3) is 0.846. The van der Waals surface area contributed by atoms with Crippen LogP contribution in [-0.2, 0) is 4.79 Å². The molecule has 0 spiro atoms. The number of carbonyl (C=O) groups is 2. The number of nitrogens with zero attached hydrogens (tertiary/aromatic N) is 2. The topological polar surface area (TPSA) is 72.9 Å². The molecule has 106 valence electrons. The number of rotatable bonds is 3. The molecule has 19 heavy (non-hydrogen) atoms. The maximum atomic E-state index is 12.1. The minimum atomic E-state index is -0.890. The molecule has 0 aromatic rings. The van der Waals surface area contributed by atoms with Crippen molar-refractivity contribution in [2.45, 2.75) is 50.2 Å². The first-order valence-corrected chi connectivity index (χ1v) is 7.19. The van der Waals surface area contributed by atoms with Gasteiger partial charge < -0.3 is 15.3 Å². The van der Waals surface area contributed by atoms with Crippen LogP contribution in [0.1, 0.15) is 32.1 Å². The molecule has 3 fully saturated rings. The third-order valence-electron chi connectivity index (χ3n) is 4.41. The van der Waals surface area contributed by atoms with Crippen LogP contribution >= 0.6 is 0 Å². The van der Waals surface area contributed by atoms with Gasteiger partial charge in [-0.25, -0.2) is 9.59 Å². The predicted molar refractivity (Wildman–Crippen MR) is 68.9 cm³/mol. The molecule has 2 saturated heterocycles. The number of urea groups is 1. The Morgan fingerprint density at radius 2 is 1.89 bits per heavy atom. The van der Waals surface area contributed by atoms with E-state index in [1.807, 2.05) is 0 Å². The Bertz CT molecular complexity index is 383. The summed E-state index contributed by atoms with van der Waals surface area (Å²) in [6, 6.07) is 0.0806. The maximum Gasteiger partial charge on any atom is 0.326 e. The van der Waals surface area contributed by atoms with E-state index in [4.69, 9.17) is 5.11 Å². The van der Waals surface area contributed by atoms with Crippen molar-refractivity contribution in [2.24, 2.45) is 0 Å². The largest absolute Gasteiger partial charge is 0.480 e. The number of hydrogen-bond donors (Lipinski definition) is 2. The minimum Gasteiger partial charge on any atom is -0.480 e. The summed E-state index contributed by atoms with van der Waals surface area (Å²) in [5.74, 6) is -0.890. The van der Waals surface area contributed by atoms with Crippen molar-refractivity contribution < 1.29 is 14.7 Å². The molecule has 0 aromatic heterocycles. The van der Waals surface area contributed by atoms with Crippen LogP contribution in [0.5, 0.6) is 0 Å². The van der Waals surface area contributed by atoms with Crippen molar-refractivity contribution >= 4 is 12.0 Å². The Morgan fingerprint density at radius 3 is 2.58 bits per heavy atom. The zero-order chi connectivity index (χ0) is 13.4. The van der Waals surface area contributed by atoms with Crippen LogP contribution in [0.4, 0.5) is 4.79 Å². The first kappa shape index (κ1) is 12.7. The summed E-state index contributed by atoms with van der Waals surface area (Å²) in [5.41, 5.74) is 0. The standard InChI is InChI=1S/C13H21N3O3/c17-12(18)11-2-1-6-16(11)13(19)14-9-5-7-15(8-9)10-3-4-10/h9-11H,1-8H2,(H,14,19)(H,17,18)/t9?,11-/m0/s1. The van der Waals surface area contributed by atoms with Gasteiger partial charge >= 0.3 is 12.0 Å². The molecule has 6 nitrogen and oxygen atoms in total. The Labute approximate surface area is 112 Å². The summed E-state index contributed by atoms with van der Waals surface area (Å²) in [4.78, 5) is 27.1. The average Bonchev–Trinajstić information content (AvgIpc) is 2.92. The lowest BCUT2D eigenvalue weighted by atomic mass is 10.2. The molecule has 2 atom stereocenters. The molecule has 3 rings (SSSR count). The van der Waals surface area contributed by atoms with Gasteiger partial charge in [0.15, 0.2) is 0 Å². The van der Waals surface area contributed by atoms with Crippen LogP contribution in [0, 0.1) is 0 Å². The van der Waals surface area contributed by atoms with E-state index in [1.54, 1.807) is 0 Å². The Hall–Kier alpha value is -1.30. The highest BCUT2D eigenvalue weighted by Gasteiger charge is 2.38. The maximum absolute atomic E-state index is 12.1. The molecule has 1 unspecified atom stereocenters. The lowest BCUT2D eigenvalue weighted by Gasteiger charge is -2.24. The molecule has 6 heteroatoms. The fourth-order valence-corrected chi connectivity index (χ4v) is 3.20. The highest BCUT2D eigenvalue weighted by atomic mass is 16.4. The smallest absolute Gasteiger partial charge is 0.326 e. The molecular weight excluding hydrogens is 246 g/mol. The van der Waals surface area contributed by atoms with Gasteiger partial charge in [-0.2, -0.15) is 0 Å². The summed E-state index contributed by atoms with van der Waals surface area (Å²) < 4.78 is 0. The lowest BCUT2D eigenvalue weighted by Crippen LogP contribution is -2.49. The van der Waals surface area contributed by atoms with Crippen LogP contribution < -0.4 is 5.32 Å². The average molecular weight is 267 g/mol. The highest BCUT2D eigenvalue weighted by molar-refractivity contribution is 5.83. The van der Waals surface area contributed by atoms with Crippen LogP contribution in [0.15, 0.2) is 0 Å². The van der Waals surface area contributed by atoms with Gasteiger partial charge in [0.1, 0.15) is 6.04 Å². The molecule has 2 N–H and O–H groups in total. The quantitative estimate of drug-likeness (QED) is 0.780. The molecule has 0 radical (unpaired) electrons. The van der Waals surface area contributed by atoms with Gasteiger partial charge in [-0.3, -0.25) is 4.90 Å². The van der Waals surface area contributed by atoms with Crippen LogP contribution in [0.25, 0.3) is 0 Å². The zero-order valence-corrected chi connectivity index (χ0v) is 11.0. The Kier molecular flexibility index (Phi) is 3.35. The van der Waals surface area contributed by atoms with Gasteiger partial charge in [-0.05, 0) is 32.1 Å². The molecule has 0 bridgehead atoms. The number of carboxylic acid groups (broad SMARTS) is 1. The number of aliphatic carboxylic acids is 1. The van der Waals surface area contributed by atoms with E-state index in [0.29, 0.717) is 13.0 Å². The van der Waals surface area contributed by atoms with Gasteiger partial charge in [0.05, 0.1) is 0 Å². The van der Waals surface area contributed by atoms with E-state index in [-0.39, 0.29) is 12.1 Å². The van der Waals surface area contributed by atoms with Gasteiger partial charge in [0, 0.05) is 31.7 Å². The molecule has 1 aliphatic carbocycles. The van der Waals surface area contributed by atoms with Crippen molar-refractivity contribution in [2.75, 3.05) is 19.6 Å². The highest BCUT2D eigenvalue weighted by Crippen LogP contribution is 2.30. The number of nitrogens with one attached hydrogen (secondary N) is 1. The molecule has 3 aliphatic rings. The van der Waals surface area contributed by atoms with Crippen LogP contribution in [0.2, 0.25) is 0 Å². The number of likely N-dealkylation sites (tertiary alicyclic amines) is 2. The van der Waals surface area contributed by atoms with E-state index < -0.39 is 12.0 Å². The molecule has 2 aliphatic heterocycles. The Morgan fingerprint density at radius 1 is 1.11 bits per heavy atom. The van der Waals surface area contributed by atoms with Crippen molar-refractivity contribution in [1.29, 1.82) is 0 Å². The van der Waals surface area contributed by atoms with Gasteiger partial charge in [-0.1, -0.05) is 0 Å². The number of amides is 2. The second kappa shape index (κ2) is 5.00. The van der Waals surface area contributed by atoms with Gasteiger partial charge in [0.2, 0.25) is 0 Å². The Balaban J connectivity index is 1.52. The van der Waals surface area contributed by atoms with Crippen molar-refractivity contribution in [1.82, 2.24) is 15.1 Å². The minimum absolute atomic E-state index is 0.183. The van der Waals surface area contributed by atoms with E-state index in [0.717, 1.165) is 32.0 Å². The SMILES string of the molecule is O=C(O)[C@@H]1CCCN1C(=O)NC1CCN(C2CC2)C1. The normalized spacial score (nSPS) is 31.7. The number of hydrogen-bond acceptors (Lipinski definition) is 3. The van der Waals surface area contributed by atoms with E-state index in [2.05, 4.69) is 10.2 Å². The third kappa shape index (κ3) is 2.68. The summed E-state index contributed by atoms with van der Waals surface area (Å²) >= 11 is 0. The van der Waals surface area contributed by atoms with Crippen molar-refractivity contribution in [3.05, 3.63) is 0 Å². The molecule has 2 heterocycles. The summed E-state index contributed by atoms with van der Waals surface area (Å²) in [5, 5.41) is 12.1. The fourth-order valence-electron chi connectivity index (χ4n) is 3.20. The second-order valence-corrected chi connectivity index (χ2v) is 5.85. The van der Waals surface area contributed by atoms with Crippen LogP contribution in [-0.4, -0.2) is 64.7 Å². The summed E-state index contributed by atoms with van der Waals surface area (Å²) in [6.45, 7) is 2.53. The van der Waals surface area contributed by atoms with Gasteiger partial charge in [-0.15, -0.1) is 0 Å². The molecular formula is C13H21N3O3. The zero-order valence-electron chi connectivity index (χ0n) is 11.0. The first-order valence-electron chi connectivity index (χ1n) is 7.19. The second-order valence-electron chi connectivity index (χ2n) is 5.85. The third-order valence-corrected chi connectivity index (χ3v) is 4.41. The predicted octanol–water partition coefficient (Wildman–Crippen LogP) is 0.482. The molecule has 0 aromatic carbocycles. The number of carbonyl (C=O) groups excluding carboxylic acids is 1. The van der Waals surface area contributed by atoms with Crippen molar-refractivity contribution in [3.63, 3.8) is 0 Å². The van der Waals surface area contributed by atoms with E-state index >= 15 is 0 Å².